The molecule has 0 fully saturated rings. The fraction of sp³-hybridized carbons (Fsp3) is 0. The van der Waals surface area contributed by atoms with E-state index in [0.29, 0.717) is 6.07 Å². The molecule has 0 spiro atoms. The minimum Gasteiger partial charge on any atom is -0.503 e. The number of aromatic hydroxyl groups is 1. The van der Waals surface area contributed by atoms with E-state index >= 15 is 0 Å². The van der Waals surface area contributed by atoms with E-state index < -0.39 is 23.2 Å². The molecule has 0 aromatic heterocycles. The summed E-state index contributed by atoms with van der Waals surface area (Å²) in [6.07, 6.45) is 0. The Morgan fingerprint density at radius 2 is 1.90 bits per heavy atom. The number of rotatable bonds is 0. The van der Waals surface area contributed by atoms with Crippen molar-refractivity contribution in [2.45, 2.75) is 0 Å². The molecule has 0 unspecified atom stereocenters. The number of phenolic OH excluding ortho intramolecular Hbond substituents is 1. The first-order valence-electron chi connectivity index (χ1n) is 2.37. The van der Waals surface area contributed by atoms with Crippen molar-refractivity contribution in [1.29, 1.82) is 0 Å². The van der Waals surface area contributed by atoms with E-state index in [9.17, 15) is 13.2 Å². The molecule has 1 N–H and O–H groups in total. The molecule has 53 valence electrons. The molecule has 1 aromatic carbocycles. The molecule has 0 atom stereocenters. The summed E-state index contributed by atoms with van der Waals surface area (Å²) in [4.78, 5) is 0. The number of phenols is 1. The fourth-order valence-corrected chi connectivity index (χ4v) is 0.485. The van der Waals surface area contributed by atoms with Gasteiger partial charge in [-0.25, -0.2) is 13.2 Å². The molecule has 0 aliphatic carbocycles. The van der Waals surface area contributed by atoms with E-state index in [4.69, 9.17) is 5.11 Å². The van der Waals surface area contributed by atoms with Crippen molar-refractivity contribution in [3.05, 3.63) is 29.6 Å². The maximum Gasteiger partial charge on any atom is 0.188 e. The van der Waals surface area contributed by atoms with Gasteiger partial charge in [-0.3, -0.25) is 0 Å². The molecule has 0 aliphatic rings. The maximum absolute atomic E-state index is 12.1. The average molecular weight is 147 g/mol. The Bertz CT molecular complexity index is 236. The van der Waals surface area contributed by atoms with Gasteiger partial charge in [-0.05, 0) is 0 Å². The Morgan fingerprint density at radius 1 is 1.30 bits per heavy atom. The van der Waals surface area contributed by atoms with Gasteiger partial charge in [-0.15, -0.1) is 0 Å². The minimum absolute atomic E-state index is 0.346. The summed E-state index contributed by atoms with van der Waals surface area (Å²) in [6.45, 7) is 0. The summed E-state index contributed by atoms with van der Waals surface area (Å²) in [6, 6.07) is 1.80. The van der Waals surface area contributed by atoms with Gasteiger partial charge in [-0.1, -0.05) is 0 Å². The van der Waals surface area contributed by atoms with E-state index in [1.54, 1.807) is 0 Å². The molecule has 0 bridgehead atoms. The largest absolute Gasteiger partial charge is 0.503 e. The number of benzene rings is 1. The Hall–Kier alpha value is -1.19. The molecular formula is C6H2F3O. The highest BCUT2D eigenvalue weighted by molar-refractivity contribution is 5.24. The van der Waals surface area contributed by atoms with Crippen molar-refractivity contribution in [3.8, 4) is 5.75 Å². The first-order chi connectivity index (χ1) is 4.61. The van der Waals surface area contributed by atoms with Gasteiger partial charge in [0.15, 0.2) is 17.4 Å². The van der Waals surface area contributed by atoms with E-state index in [2.05, 4.69) is 0 Å². The van der Waals surface area contributed by atoms with Crippen LogP contribution >= 0.6 is 0 Å². The van der Waals surface area contributed by atoms with Gasteiger partial charge >= 0.3 is 0 Å². The lowest BCUT2D eigenvalue weighted by atomic mass is 10.3. The molecule has 1 rings (SSSR count). The first-order valence-corrected chi connectivity index (χ1v) is 2.37. The summed E-state index contributed by atoms with van der Waals surface area (Å²) in [5.41, 5.74) is 0. The highest BCUT2D eigenvalue weighted by Crippen LogP contribution is 2.19. The Labute approximate surface area is 54.7 Å². The van der Waals surface area contributed by atoms with Crippen LogP contribution in [0.15, 0.2) is 6.07 Å². The Balaban J connectivity index is 3.31. The summed E-state index contributed by atoms with van der Waals surface area (Å²) < 4.78 is 36.1. The van der Waals surface area contributed by atoms with Crippen LogP contribution in [0.5, 0.6) is 5.75 Å². The van der Waals surface area contributed by atoms with Crippen LogP contribution in [-0.4, -0.2) is 5.11 Å². The topological polar surface area (TPSA) is 20.2 Å². The normalized spacial score (nSPS) is 9.90. The molecule has 4 heteroatoms. The van der Waals surface area contributed by atoms with E-state index in [1.807, 2.05) is 0 Å². The van der Waals surface area contributed by atoms with E-state index in [0.717, 1.165) is 0 Å². The average Bonchev–Trinajstić information content (AvgIpc) is 1.82. The highest BCUT2D eigenvalue weighted by atomic mass is 19.1. The molecule has 0 saturated carbocycles. The van der Waals surface area contributed by atoms with Gasteiger partial charge in [0.2, 0.25) is 0 Å². The molecule has 1 aromatic rings. The van der Waals surface area contributed by atoms with Gasteiger partial charge in [0, 0.05) is 6.07 Å². The van der Waals surface area contributed by atoms with Crippen LogP contribution in [0, 0.1) is 23.5 Å². The first kappa shape index (κ1) is 6.92. The zero-order valence-corrected chi connectivity index (χ0v) is 4.66. The third-order valence-corrected chi connectivity index (χ3v) is 0.917. The monoisotopic (exact) mass is 147 g/mol. The lowest BCUT2D eigenvalue weighted by Gasteiger charge is -1.94. The zero-order chi connectivity index (χ0) is 7.72. The van der Waals surface area contributed by atoms with Crippen molar-refractivity contribution in [3.63, 3.8) is 0 Å². The predicted octanol–water partition coefficient (Wildman–Crippen LogP) is 1.61. The lowest BCUT2D eigenvalue weighted by molar-refractivity contribution is 0.389. The second-order valence-electron chi connectivity index (χ2n) is 1.63. The lowest BCUT2D eigenvalue weighted by Crippen LogP contribution is -1.85. The fourth-order valence-electron chi connectivity index (χ4n) is 0.485. The molecule has 0 aliphatic heterocycles. The van der Waals surface area contributed by atoms with Crippen LogP contribution in [0.25, 0.3) is 0 Å². The SMILES string of the molecule is Oc1c(F)[c]c(F)cc1F. The molecule has 0 heterocycles. The van der Waals surface area contributed by atoms with Gasteiger partial charge in [0.1, 0.15) is 5.82 Å². The summed E-state index contributed by atoms with van der Waals surface area (Å²) >= 11 is 0. The molecular weight excluding hydrogens is 145 g/mol. The Morgan fingerprint density at radius 3 is 2.40 bits per heavy atom. The van der Waals surface area contributed by atoms with Gasteiger partial charge in [0.25, 0.3) is 0 Å². The van der Waals surface area contributed by atoms with Crippen LogP contribution in [0.2, 0.25) is 0 Å². The standard InChI is InChI=1S/C6H2F3O/c7-3-1-4(8)6(10)5(9)2-3/h1,10H. The summed E-state index contributed by atoms with van der Waals surface area (Å²) in [5.74, 6) is -5.12. The zero-order valence-electron chi connectivity index (χ0n) is 4.66. The third kappa shape index (κ3) is 1.05. The van der Waals surface area contributed by atoms with Crippen LogP contribution < -0.4 is 0 Å². The highest BCUT2D eigenvalue weighted by Gasteiger charge is 2.08. The smallest absolute Gasteiger partial charge is 0.188 e. The molecule has 0 amide bonds. The van der Waals surface area contributed by atoms with Crippen molar-refractivity contribution < 1.29 is 18.3 Å². The van der Waals surface area contributed by atoms with E-state index in [1.165, 1.54) is 6.07 Å². The number of hydrogen-bond donors (Lipinski definition) is 1. The Kier molecular flexibility index (Phi) is 1.53. The molecule has 10 heavy (non-hydrogen) atoms. The van der Waals surface area contributed by atoms with Crippen LogP contribution in [0.3, 0.4) is 0 Å². The van der Waals surface area contributed by atoms with Crippen molar-refractivity contribution in [1.82, 2.24) is 0 Å². The van der Waals surface area contributed by atoms with Crippen LogP contribution in [0.4, 0.5) is 13.2 Å². The minimum atomic E-state index is -1.42. The maximum atomic E-state index is 12.1. The molecule has 0 saturated heterocycles. The van der Waals surface area contributed by atoms with Crippen molar-refractivity contribution >= 4 is 0 Å². The second kappa shape index (κ2) is 2.21. The summed E-state index contributed by atoms with van der Waals surface area (Å²) in [5, 5.41) is 8.38. The van der Waals surface area contributed by atoms with Crippen molar-refractivity contribution in [2.24, 2.45) is 0 Å². The van der Waals surface area contributed by atoms with Crippen LogP contribution in [0.1, 0.15) is 0 Å². The predicted molar refractivity (Wildman–Crippen MR) is 26.8 cm³/mol. The van der Waals surface area contributed by atoms with Crippen molar-refractivity contribution in [2.75, 3.05) is 0 Å². The molecule has 1 nitrogen and oxygen atoms in total. The van der Waals surface area contributed by atoms with Gasteiger partial charge < -0.3 is 5.11 Å². The second-order valence-corrected chi connectivity index (χ2v) is 1.63. The van der Waals surface area contributed by atoms with Gasteiger partial charge in [0.05, 0.1) is 6.07 Å². The third-order valence-electron chi connectivity index (χ3n) is 0.917. The molecule has 1 radical (unpaired) electrons. The number of hydrogen-bond acceptors (Lipinski definition) is 1. The summed E-state index contributed by atoms with van der Waals surface area (Å²) in [7, 11) is 0. The van der Waals surface area contributed by atoms with Gasteiger partial charge in [-0.2, -0.15) is 0 Å². The van der Waals surface area contributed by atoms with Crippen LogP contribution in [-0.2, 0) is 0 Å². The quantitative estimate of drug-likeness (QED) is 0.591. The van der Waals surface area contributed by atoms with E-state index in [-0.39, 0.29) is 0 Å². The number of halogens is 3.